The van der Waals surface area contributed by atoms with Crippen LogP contribution in [-0.2, 0) is 11.2 Å². The van der Waals surface area contributed by atoms with Gasteiger partial charge in [-0.15, -0.1) is 0 Å². The Morgan fingerprint density at radius 1 is 1.43 bits per heavy atom. The maximum absolute atomic E-state index is 12.0. The minimum absolute atomic E-state index is 0.0254. The van der Waals surface area contributed by atoms with Crippen LogP contribution in [0, 0.1) is 12.3 Å². The molecule has 1 aromatic heterocycles. The summed E-state index contributed by atoms with van der Waals surface area (Å²) >= 11 is 0. The van der Waals surface area contributed by atoms with Crippen molar-refractivity contribution in [2.75, 3.05) is 31.6 Å². The molecule has 0 unspecified atom stereocenters. The van der Waals surface area contributed by atoms with Crippen molar-refractivity contribution in [3.63, 3.8) is 0 Å². The first-order valence-electron chi connectivity index (χ1n) is 8.49. The van der Waals surface area contributed by atoms with E-state index < -0.39 is 11.4 Å². The van der Waals surface area contributed by atoms with Crippen molar-refractivity contribution < 1.29 is 9.90 Å². The molecule has 2 saturated heterocycles. The van der Waals surface area contributed by atoms with Crippen LogP contribution >= 0.6 is 0 Å². The molecule has 2 aliphatic heterocycles. The molecule has 6 heteroatoms. The Labute approximate surface area is 137 Å². The lowest BCUT2D eigenvalue weighted by Crippen LogP contribution is -2.63. The molecule has 2 atom stereocenters. The van der Waals surface area contributed by atoms with Gasteiger partial charge in [0, 0.05) is 31.0 Å². The first-order valence-corrected chi connectivity index (χ1v) is 8.49. The molecule has 6 nitrogen and oxygen atoms in total. The van der Waals surface area contributed by atoms with Crippen LogP contribution in [0.2, 0.25) is 0 Å². The lowest BCUT2D eigenvalue weighted by molar-refractivity contribution is -0.158. The minimum Gasteiger partial charge on any atom is -0.481 e. The van der Waals surface area contributed by atoms with E-state index in [1.54, 1.807) is 0 Å². The number of likely N-dealkylation sites (tertiary alicyclic amines) is 1. The summed E-state index contributed by atoms with van der Waals surface area (Å²) in [4.78, 5) is 25.5. The van der Waals surface area contributed by atoms with Crippen LogP contribution in [0.25, 0.3) is 0 Å². The number of carboxylic acids is 1. The summed E-state index contributed by atoms with van der Waals surface area (Å²) in [5.74, 6) is 0.0955. The Balaban J connectivity index is 1.87. The highest BCUT2D eigenvalue weighted by Gasteiger charge is 2.52. The highest BCUT2D eigenvalue weighted by molar-refractivity contribution is 5.76. The zero-order valence-corrected chi connectivity index (χ0v) is 14.2. The summed E-state index contributed by atoms with van der Waals surface area (Å²) in [6.45, 7) is 6.49. The summed E-state index contributed by atoms with van der Waals surface area (Å²) in [7, 11) is 2.04. The maximum atomic E-state index is 12.0. The number of aliphatic carboxylic acids is 1. The van der Waals surface area contributed by atoms with Gasteiger partial charge in [-0.2, -0.15) is 0 Å². The third-order valence-electron chi connectivity index (χ3n) is 5.63. The Kier molecular flexibility index (Phi) is 4.27. The normalized spacial score (nSPS) is 28.5. The Bertz CT molecular complexity index is 606. The van der Waals surface area contributed by atoms with E-state index in [1.165, 1.54) is 0 Å². The molecule has 2 aliphatic rings. The molecule has 23 heavy (non-hydrogen) atoms. The molecule has 1 aromatic rings. The topological polar surface area (TPSA) is 69.6 Å². The first-order chi connectivity index (χ1) is 11.0. The molecule has 0 aliphatic carbocycles. The number of carbonyl (C=O) groups is 1. The number of piperidine rings is 2. The van der Waals surface area contributed by atoms with Crippen molar-refractivity contribution in [1.82, 2.24) is 14.9 Å². The molecule has 0 bridgehead atoms. The molecule has 126 valence electrons. The Morgan fingerprint density at radius 3 is 2.91 bits per heavy atom. The number of fused-ring (bicyclic) bond motifs is 1. The van der Waals surface area contributed by atoms with Gasteiger partial charge in [-0.3, -0.25) is 4.79 Å². The van der Waals surface area contributed by atoms with E-state index in [0.717, 1.165) is 43.0 Å². The number of anilines is 1. The van der Waals surface area contributed by atoms with E-state index in [1.807, 2.05) is 20.2 Å². The number of carboxylic acid groups (broad SMARTS) is 1. The first kappa shape index (κ1) is 16.2. The van der Waals surface area contributed by atoms with Gasteiger partial charge in [0.25, 0.3) is 0 Å². The Morgan fingerprint density at radius 2 is 2.22 bits per heavy atom. The molecule has 3 heterocycles. The van der Waals surface area contributed by atoms with E-state index >= 15 is 0 Å². The van der Waals surface area contributed by atoms with Crippen LogP contribution in [0.1, 0.15) is 37.4 Å². The fraction of sp³-hybridized carbons (Fsp3) is 0.706. The van der Waals surface area contributed by atoms with Crippen LogP contribution in [0.5, 0.6) is 0 Å². The average molecular weight is 318 g/mol. The lowest BCUT2D eigenvalue weighted by atomic mass is 9.68. The van der Waals surface area contributed by atoms with Gasteiger partial charge in [0.2, 0.25) is 5.95 Å². The summed E-state index contributed by atoms with van der Waals surface area (Å²) < 4.78 is 0. The number of rotatable bonds is 3. The third-order valence-corrected chi connectivity index (χ3v) is 5.63. The van der Waals surface area contributed by atoms with Crippen molar-refractivity contribution in [2.45, 2.75) is 45.6 Å². The summed E-state index contributed by atoms with van der Waals surface area (Å²) in [6.07, 6.45) is 5.17. The number of nitrogens with zero attached hydrogens (tertiary/aromatic N) is 4. The molecular weight excluding hydrogens is 292 g/mol. The van der Waals surface area contributed by atoms with Crippen LogP contribution in [0.3, 0.4) is 0 Å². The second-order valence-electron chi connectivity index (χ2n) is 6.91. The van der Waals surface area contributed by atoms with Crippen molar-refractivity contribution in [3.8, 4) is 0 Å². The lowest BCUT2D eigenvalue weighted by Gasteiger charge is -2.51. The van der Waals surface area contributed by atoms with Gasteiger partial charge in [0.15, 0.2) is 0 Å². The largest absolute Gasteiger partial charge is 0.481 e. The highest BCUT2D eigenvalue weighted by Crippen LogP contribution is 2.42. The van der Waals surface area contributed by atoms with Crippen molar-refractivity contribution >= 4 is 11.9 Å². The van der Waals surface area contributed by atoms with E-state index in [9.17, 15) is 9.90 Å². The fourth-order valence-corrected chi connectivity index (χ4v) is 4.14. The van der Waals surface area contributed by atoms with Crippen LogP contribution < -0.4 is 4.90 Å². The van der Waals surface area contributed by atoms with Crippen LogP contribution in [0.4, 0.5) is 5.95 Å². The molecule has 0 saturated carbocycles. The standard InChI is InChI=1S/C17H26N4O2/c1-4-13-12(2)10-18-16(19-13)21-9-7-17(15(22)23)6-5-8-20(3)14(17)11-21/h10,14H,4-9,11H2,1-3H3,(H,22,23)/t14-,17+/m1/s1. The van der Waals surface area contributed by atoms with Crippen molar-refractivity contribution in [3.05, 3.63) is 17.5 Å². The second-order valence-corrected chi connectivity index (χ2v) is 6.91. The number of hydrogen-bond donors (Lipinski definition) is 1. The van der Waals surface area contributed by atoms with Gasteiger partial charge in [0.1, 0.15) is 0 Å². The molecule has 0 spiro atoms. The Hall–Kier alpha value is -1.69. The molecule has 2 fully saturated rings. The van der Waals surface area contributed by atoms with E-state index in [4.69, 9.17) is 4.98 Å². The summed E-state index contributed by atoms with van der Waals surface area (Å²) in [5.41, 5.74) is 1.58. The highest BCUT2D eigenvalue weighted by atomic mass is 16.4. The van der Waals surface area contributed by atoms with Crippen molar-refractivity contribution in [1.29, 1.82) is 0 Å². The molecule has 1 N–H and O–H groups in total. The van der Waals surface area contributed by atoms with Crippen molar-refractivity contribution in [2.24, 2.45) is 5.41 Å². The number of aromatic nitrogens is 2. The minimum atomic E-state index is -0.646. The molecule has 0 radical (unpaired) electrons. The molecular formula is C17H26N4O2. The van der Waals surface area contributed by atoms with Crippen LogP contribution in [0.15, 0.2) is 6.20 Å². The number of aryl methyl sites for hydroxylation is 2. The second kappa shape index (κ2) is 6.07. The van der Waals surface area contributed by atoms with Crippen LogP contribution in [-0.4, -0.2) is 58.7 Å². The van der Waals surface area contributed by atoms with Gasteiger partial charge in [-0.25, -0.2) is 9.97 Å². The van der Waals surface area contributed by atoms with Gasteiger partial charge in [0.05, 0.1) is 5.41 Å². The SMILES string of the molecule is CCc1nc(N2CC[C@@]3(C(=O)O)CCCN(C)[C@@H]3C2)ncc1C. The van der Waals surface area contributed by atoms with E-state index in [-0.39, 0.29) is 6.04 Å². The van der Waals surface area contributed by atoms with Gasteiger partial charge in [-0.05, 0) is 51.8 Å². The smallest absolute Gasteiger partial charge is 0.311 e. The predicted molar refractivity (Wildman–Crippen MR) is 88.7 cm³/mol. The zero-order valence-electron chi connectivity index (χ0n) is 14.2. The third kappa shape index (κ3) is 2.69. The number of likely N-dealkylation sites (N-methyl/N-ethyl adjacent to an activating group) is 1. The van der Waals surface area contributed by atoms with Gasteiger partial charge >= 0.3 is 5.97 Å². The number of hydrogen-bond acceptors (Lipinski definition) is 5. The molecule has 3 rings (SSSR count). The zero-order chi connectivity index (χ0) is 16.6. The quantitative estimate of drug-likeness (QED) is 0.915. The molecule has 0 aromatic carbocycles. The summed E-state index contributed by atoms with van der Waals surface area (Å²) in [5, 5.41) is 9.84. The maximum Gasteiger partial charge on any atom is 0.311 e. The summed E-state index contributed by atoms with van der Waals surface area (Å²) in [6, 6.07) is 0.0254. The van der Waals surface area contributed by atoms with E-state index in [0.29, 0.717) is 19.5 Å². The fourth-order valence-electron chi connectivity index (χ4n) is 4.14. The monoisotopic (exact) mass is 318 g/mol. The molecule has 0 amide bonds. The van der Waals surface area contributed by atoms with Gasteiger partial charge < -0.3 is 14.9 Å². The van der Waals surface area contributed by atoms with E-state index in [2.05, 4.69) is 21.7 Å². The van der Waals surface area contributed by atoms with Gasteiger partial charge in [-0.1, -0.05) is 6.92 Å². The predicted octanol–water partition coefficient (Wildman–Crippen LogP) is 1.72. The average Bonchev–Trinajstić information content (AvgIpc) is 2.55.